The number of anilines is 1. The Morgan fingerprint density at radius 2 is 1.58 bits per heavy atom. The Balaban J connectivity index is 1.97. The fraction of sp³-hybridized carbons (Fsp3) is 0. The zero-order valence-corrected chi connectivity index (χ0v) is 15.0. The number of halogens is 2. The number of benzene rings is 2. The largest absolute Gasteiger partial charge is 0.368 e. The summed E-state index contributed by atoms with van der Waals surface area (Å²) in [5.41, 5.74) is 9.41. The highest BCUT2D eigenvalue weighted by Crippen LogP contribution is 2.37. The van der Waals surface area contributed by atoms with Gasteiger partial charge in [0.2, 0.25) is 5.95 Å². The standard InChI is InChI=1S/C19H13Cl2N5/c20-12-7-4-8-13(21)15(12)18-25-16(11-5-2-1-3-6-11)17(26-18)14-9-10-23-19(22)24-14/h1-10H,(H,25,26)(H2,22,23,24). The van der Waals surface area contributed by atoms with E-state index in [9.17, 15) is 0 Å². The first kappa shape index (κ1) is 16.6. The Labute approximate surface area is 159 Å². The number of nitrogen functional groups attached to an aromatic ring is 1. The van der Waals surface area contributed by atoms with Gasteiger partial charge in [0.15, 0.2) is 0 Å². The number of aromatic amines is 1. The average molecular weight is 382 g/mol. The minimum Gasteiger partial charge on any atom is -0.368 e. The summed E-state index contributed by atoms with van der Waals surface area (Å²) in [6.07, 6.45) is 1.61. The molecule has 0 spiro atoms. The number of imidazole rings is 1. The molecule has 26 heavy (non-hydrogen) atoms. The highest BCUT2D eigenvalue weighted by molar-refractivity contribution is 6.39. The maximum absolute atomic E-state index is 6.35. The van der Waals surface area contributed by atoms with Crippen molar-refractivity contribution in [2.75, 3.05) is 5.73 Å². The van der Waals surface area contributed by atoms with E-state index in [2.05, 4.69) is 15.0 Å². The fourth-order valence-corrected chi connectivity index (χ4v) is 3.30. The van der Waals surface area contributed by atoms with Crippen LogP contribution in [0.2, 0.25) is 10.0 Å². The third-order valence-electron chi connectivity index (χ3n) is 3.88. The Kier molecular flexibility index (Phi) is 4.32. The van der Waals surface area contributed by atoms with Crippen LogP contribution in [-0.4, -0.2) is 19.9 Å². The van der Waals surface area contributed by atoms with Gasteiger partial charge in [0.05, 0.1) is 32.7 Å². The second-order valence-electron chi connectivity index (χ2n) is 5.57. The third kappa shape index (κ3) is 3.03. The lowest BCUT2D eigenvalue weighted by atomic mass is 10.1. The molecule has 0 fully saturated rings. The molecule has 2 aromatic heterocycles. The first-order valence-electron chi connectivity index (χ1n) is 7.82. The molecule has 0 unspecified atom stereocenters. The van der Waals surface area contributed by atoms with E-state index in [1.54, 1.807) is 30.5 Å². The van der Waals surface area contributed by atoms with Crippen molar-refractivity contribution in [2.24, 2.45) is 0 Å². The SMILES string of the molecule is Nc1nccc(-c2[nH]c(-c3c(Cl)cccc3Cl)nc2-c2ccccc2)n1. The lowest BCUT2D eigenvalue weighted by Gasteiger charge is -2.03. The number of nitrogens with one attached hydrogen (secondary N) is 1. The van der Waals surface area contributed by atoms with Crippen LogP contribution in [0.4, 0.5) is 5.95 Å². The van der Waals surface area contributed by atoms with Gasteiger partial charge in [0.25, 0.3) is 0 Å². The first-order chi connectivity index (χ1) is 12.6. The minimum absolute atomic E-state index is 0.188. The molecule has 0 bridgehead atoms. The van der Waals surface area contributed by atoms with E-state index in [-0.39, 0.29) is 5.95 Å². The van der Waals surface area contributed by atoms with Gasteiger partial charge in [0, 0.05) is 11.8 Å². The van der Waals surface area contributed by atoms with Crippen LogP contribution in [0.3, 0.4) is 0 Å². The van der Waals surface area contributed by atoms with Crippen molar-refractivity contribution in [1.29, 1.82) is 0 Å². The molecule has 0 aliphatic heterocycles. The van der Waals surface area contributed by atoms with E-state index in [1.165, 1.54) is 0 Å². The summed E-state index contributed by atoms with van der Waals surface area (Å²) in [5.74, 6) is 0.750. The summed E-state index contributed by atoms with van der Waals surface area (Å²) < 4.78 is 0. The molecule has 3 N–H and O–H groups in total. The summed E-state index contributed by atoms with van der Waals surface area (Å²) in [6.45, 7) is 0. The smallest absolute Gasteiger partial charge is 0.220 e. The van der Waals surface area contributed by atoms with E-state index >= 15 is 0 Å². The highest BCUT2D eigenvalue weighted by atomic mass is 35.5. The van der Waals surface area contributed by atoms with Crippen molar-refractivity contribution < 1.29 is 0 Å². The number of nitrogens with zero attached hydrogens (tertiary/aromatic N) is 3. The zero-order chi connectivity index (χ0) is 18.1. The molecule has 2 heterocycles. The van der Waals surface area contributed by atoms with Gasteiger partial charge in [-0.25, -0.2) is 15.0 Å². The molecule has 0 atom stereocenters. The van der Waals surface area contributed by atoms with Crippen LogP contribution in [0.1, 0.15) is 0 Å². The van der Waals surface area contributed by atoms with Crippen molar-refractivity contribution in [3.63, 3.8) is 0 Å². The predicted octanol–water partition coefficient (Wildman–Crippen LogP) is 5.09. The number of hydrogen-bond acceptors (Lipinski definition) is 4. The summed E-state index contributed by atoms with van der Waals surface area (Å²) in [6, 6.07) is 16.9. The second kappa shape index (κ2) is 6.78. The molecule has 0 radical (unpaired) electrons. The molecular weight excluding hydrogens is 369 g/mol. The molecule has 4 aromatic rings. The normalized spacial score (nSPS) is 10.8. The van der Waals surface area contributed by atoms with Gasteiger partial charge in [-0.2, -0.15) is 0 Å². The summed E-state index contributed by atoms with van der Waals surface area (Å²) in [4.78, 5) is 16.3. The van der Waals surface area contributed by atoms with Crippen LogP contribution in [0.15, 0.2) is 60.8 Å². The van der Waals surface area contributed by atoms with Gasteiger partial charge in [-0.1, -0.05) is 59.6 Å². The fourth-order valence-electron chi connectivity index (χ4n) is 2.72. The second-order valence-corrected chi connectivity index (χ2v) is 6.39. The number of hydrogen-bond donors (Lipinski definition) is 2. The van der Waals surface area contributed by atoms with Crippen molar-refractivity contribution in [3.05, 3.63) is 70.8 Å². The van der Waals surface area contributed by atoms with Gasteiger partial charge in [-0.05, 0) is 18.2 Å². The van der Waals surface area contributed by atoms with Gasteiger partial charge in [-0.15, -0.1) is 0 Å². The van der Waals surface area contributed by atoms with Crippen molar-refractivity contribution >= 4 is 29.2 Å². The first-order valence-corrected chi connectivity index (χ1v) is 8.58. The number of nitrogens with two attached hydrogens (primary N) is 1. The van der Waals surface area contributed by atoms with Crippen LogP contribution in [-0.2, 0) is 0 Å². The van der Waals surface area contributed by atoms with Crippen LogP contribution in [0.5, 0.6) is 0 Å². The number of H-pyrrole nitrogens is 1. The van der Waals surface area contributed by atoms with Crippen LogP contribution in [0, 0.1) is 0 Å². The molecule has 0 saturated carbocycles. The molecule has 128 valence electrons. The van der Waals surface area contributed by atoms with Gasteiger partial charge >= 0.3 is 0 Å². The predicted molar refractivity (Wildman–Crippen MR) is 105 cm³/mol. The summed E-state index contributed by atoms with van der Waals surface area (Å²) >= 11 is 12.7. The summed E-state index contributed by atoms with van der Waals surface area (Å²) in [7, 11) is 0. The molecular formula is C19H13Cl2N5. The highest BCUT2D eigenvalue weighted by Gasteiger charge is 2.19. The Morgan fingerprint density at radius 3 is 2.27 bits per heavy atom. The maximum Gasteiger partial charge on any atom is 0.220 e. The van der Waals surface area contributed by atoms with Crippen molar-refractivity contribution in [1.82, 2.24) is 19.9 Å². The average Bonchev–Trinajstić information content (AvgIpc) is 3.07. The van der Waals surface area contributed by atoms with Gasteiger partial charge in [-0.3, -0.25) is 0 Å². The summed E-state index contributed by atoms with van der Waals surface area (Å²) in [5, 5.41) is 1.03. The Morgan fingerprint density at radius 1 is 0.846 bits per heavy atom. The Hall–Kier alpha value is -2.89. The van der Waals surface area contributed by atoms with E-state index < -0.39 is 0 Å². The zero-order valence-electron chi connectivity index (χ0n) is 13.4. The molecule has 5 nitrogen and oxygen atoms in total. The van der Waals surface area contributed by atoms with E-state index in [4.69, 9.17) is 33.9 Å². The van der Waals surface area contributed by atoms with Gasteiger partial charge < -0.3 is 10.7 Å². The molecule has 0 amide bonds. The molecule has 0 saturated heterocycles. The molecule has 7 heteroatoms. The van der Waals surface area contributed by atoms with E-state index in [0.717, 1.165) is 17.0 Å². The molecule has 0 aliphatic carbocycles. The van der Waals surface area contributed by atoms with Crippen LogP contribution in [0.25, 0.3) is 34.0 Å². The molecule has 2 aromatic carbocycles. The lowest BCUT2D eigenvalue weighted by Crippen LogP contribution is -1.96. The lowest BCUT2D eigenvalue weighted by molar-refractivity contribution is 1.18. The van der Waals surface area contributed by atoms with Crippen molar-refractivity contribution in [2.45, 2.75) is 0 Å². The monoisotopic (exact) mass is 381 g/mol. The minimum atomic E-state index is 0.188. The van der Waals surface area contributed by atoms with E-state index in [0.29, 0.717) is 27.1 Å². The van der Waals surface area contributed by atoms with Crippen LogP contribution < -0.4 is 5.73 Å². The van der Waals surface area contributed by atoms with Gasteiger partial charge in [0.1, 0.15) is 5.82 Å². The number of aromatic nitrogens is 4. The maximum atomic E-state index is 6.35. The Bertz CT molecular complexity index is 1060. The quantitative estimate of drug-likeness (QED) is 0.517. The molecule has 4 rings (SSSR count). The topological polar surface area (TPSA) is 80.5 Å². The van der Waals surface area contributed by atoms with Crippen molar-refractivity contribution in [3.8, 4) is 34.0 Å². The van der Waals surface area contributed by atoms with E-state index in [1.807, 2.05) is 30.3 Å². The molecule has 0 aliphatic rings. The third-order valence-corrected chi connectivity index (χ3v) is 4.51. The number of rotatable bonds is 3. The van der Waals surface area contributed by atoms with Crippen LogP contribution >= 0.6 is 23.2 Å².